The zero-order valence-electron chi connectivity index (χ0n) is 19.9. The monoisotopic (exact) mass is 437 g/mol. The molecule has 5 nitrogen and oxygen atoms in total. The number of aliphatic hydroxyl groups is 1. The van der Waals surface area contributed by atoms with Gasteiger partial charge in [0, 0.05) is 24.0 Å². The first-order chi connectivity index (χ1) is 15.3. The van der Waals surface area contributed by atoms with Crippen molar-refractivity contribution in [1.29, 1.82) is 0 Å². The maximum atomic E-state index is 12.4. The molecule has 8 atom stereocenters. The van der Waals surface area contributed by atoms with Crippen LogP contribution in [-0.4, -0.2) is 27.8 Å². The molecule has 32 heavy (non-hydrogen) atoms. The Bertz CT molecular complexity index is 886. The Morgan fingerprint density at radius 2 is 1.88 bits per heavy atom. The number of rotatable bonds is 3. The first kappa shape index (κ1) is 22.1. The molecule has 1 amide bonds. The predicted molar refractivity (Wildman–Crippen MR) is 126 cm³/mol. The lowest BCUT2D eigenvalue weighted by Crippen LogP contribution is -2.54. The van der Waals surface area contributed by atoms with E-state index in [1.165, 1.54) is 44.9 Å². The van der Waals surface area contributed by atoms with E-state index >= 15 is 0 Å². The molecule has 8 unspecified atom stereocenters. The molecule has 1 heterocycles. The fraction of sp³-hybridized carbons (Fsp3) is 0.741. The van der Waals surface area contributed by atoms with Crippen molar-refractivity contribution >= 4 is 11.6 Å². The normalized spacial score (nSPS) is 43.7. The molecule has 4 aliphatic carbocycles. The number of hydrazone groups is 1. The molecule has 0 aromatic carbocycles. The number of nitrogens with zero attached hydrogens (tertiary/aromatic N) is 2. The molecule has 1 aromatic rings. The molecule has 174 valence electrons. The minimum absolute atomic E-state index is 0.0740. The molecule has 4 fully saturated rings. The summed E-state index contributed by atoms with van der Waals surface area (Å²) >= 11 is 0. The van der Waals surface area contributed by atoms with E-state index in [9.17, 15) is 9.90 Å². The number of hydrogen-bond donors (Lipinski definition) is 2. The summed E-state index contributed by atoms with van der Waals surface area (Å²) in [6, 6.07) is 3.54. The lowest BCUT2D eigenvalue weighted by molar-refractivity contribution is -0.123. The van der Waals surface area contributed by atoms with Crippen molar-refractivity contribution in [3.05, 3.63) is 30.1 Å². The molecule has 0 radical (unpaired) electrons. The second kappa shape index (κ2) is 8.23. The van der Waals surface area contributed by atoms with Gasteiger partial charge in [-0.1, -0.05) is 13.8 Å². The summed E-state index contributed by atoms with van der Waals surface area (Å²) < 4.78 is 0. The first-order valence-corrected chi connectivity index (χ1v) is 12.8. The van der Waals surface area contributed by atoms with Gasteiger partial charge in [-0.05, 0) is 111 Å². The number of hydrogen-bond acceptors (Lipinski definition) is 4. The lowest BCUT2D eigenvalue weighted by Gasteiger charge is -2.61. The molecule has 0 bridgehead atoms. The third-order valence-corrected chi connectivity index (χ3v) is 10.4. The van der Waals surface area contributed by atoms with E-state index in [1.54, 1.807) is 24.5 Å². The van der Waals surface area contributed by atoms with Crippen LogP contribution in [0.5, 0.6) is 0 Å². The molecule has 2 N–H and O–H groups in total. The number of pyridine rings is 1. The third kappa shape index (κ3) is 3.52. The fourth-order valence-corrected chi connectivity index (χ4v) is 8.70. The van der Waals surface area contributed by atoms with E-state index in [0.29, 0.717) is 22.8 Å². The van der Waals surface area contributed by atoms with Crippen molar-refractivity contribution in [3.63, 3.8) is 0 Å². The minimum atomic E-state index is -0.188. The van der Waals surface area contributed by atoms with Gasteiger partial charge in [-0.3, -0.25) is 9.78 Å². The molecular weight excluding hydrogens is 398 g/mol. The van der Waals surface area contributed by atoms with Crippen molar-refractivity contribution in [2.45, 2.75) is 84.7 Å². The summed E-state index contributed by atoms with van der Waals surface area (Å²) in [4.78, 5) is 16.5. The number of aromatic nitrogens is 1. The van der Waals surface area contributed by atoms with Gasteiger partial charge in [0.1, 0.15) is 0 Å². The second-order valence-corrected chi connectivity index (χ2v) is 11.7. The molecule has 4 saturated carbocycles. The van der Waals surface area contributed by atoms with Crippen LogP contribution in [0.4, 0.5) is 0 Å². The largest absolute Gasteiger partial charge is 0.393 e. The van der Waals surface area contributed by atoms with Crippen LogP contribution in [0.2, 0.25) is 0 Å². The van der Waals surface area contributed by atoms with Crippen LogP contribution >= 0.6 is 0 Å². The Morgan fingerprint density at radius 1 is 1.09 bits per heavy atom. The van der Waals surface area contributed by atoms with Gasteiger partial charge >= 0.3 is 0 Å². The first-order valence-electron chi connectivity index (χ1n) is 12.8. The van der Waals surface area contributed by atoms with Crippen LogP contribution in [0.15, 0.2) is 29.6 Å². The maximum Gasteiger partial charge on any atom is 0.272 e. The summed E-state index contributed by atoms with van der Waals surface area (Å²) in [5.74, 6) is 3.35. The van der Waals surface area contributed by atoms with Crippen molar-refractivity contribution in [1.82, 2.24) is 10.4 Å². The Morgan fingerprint density at radius 3 is 2.66 bits per heavy atom. The fourth-order valence-electron chi connectivity index (χ4n) is 8.70. The molecule has 1 aromatic heterocycles. The van der Waals surface area contributed by atoms with Gasteiger partial charge in [0.2, 0.25) is 0 Å². The predicted octanol–water partition coefficient (Wildman–Crippen LogP) is 5.21. The molecular formula is C27H39N3O2. The quantitative estimate of drug-likeness (QED) is 0.504. The highest BCUT2D eigenvalue weighted by molar-refractivity contribution is 5.95. The van der Waals surface area contributed by atoms with Crippen LogP contribution in [0.1, 0.15) is 88.9 Å². The van der Waals surface area contributed by atoms with E-state index in [2.05, 4.69) is 36.3 Å². The number of amides is 1. The zero-order valence-corrected chi connectivity index (χ0v) is 19.9. The van der Waals surface area contributed by atoms with Crippen LogP contribution in [0, 0.1) is 40.4 Å². The van der Waals surface area contributed by atoms with Gasteiger partial charge in [-0.2, -0.15) is 5.10 Å². The highest BCUT2D eigenvalue weighted by atomic mass is 16.3. The van der Waals surface area contributed by atoms with Gasteiger partial charge in [-0.15, -0.1) is 0 Å². The molecule has 5 heteroatoms. The van der Waals surface area contributed by atoms with E-state index in [0.717, 1.165) is 36.3 Å². The molecule has 0 aliphatic heterocycles. The number of nitrogens with one attached hydrogen (secondary N) is 1. The summed E-state index contributed by atoms with van der Waals surface area (Å²) in [5, 5.41) is 14.8. The Balaban J connectivity index is 1.31. The highest BCUT2D eigenvalue weighted by Crippen LogP contribution is 2.67. The van der Waals surface area contributed by atoms with E-state index < -0.39 is 0 Å². The summed E-state index contributed by atoms with van der Waals surface area (Å²) in [5.41, 5.74) is 5.10. The summed E-state index contributed by atoms with van der Waals surface area (Å²) in [6.45, 7) is 7.16. The van der Waals surface area contributed by atoms with Gasteiger partial charge in [-0.25, -0.2) is 5.43 Å². The van der Waals surface area contributed by atoms with E-state index in [4.69, 9.17) is 0 Å². The highest BCUT2D eigenvalue weighted by Gasteiger charge is 2.60. The minimum Gasteiger partial charge on any atom is -0.393 e. The molecule has 4 aliphatic rings. The summed E-state index contributed by atoms with van der Waals surface area (Å²) in [7, 11) is 0. The number of carbonyl (C=O) groups is 1. The number of aliphatic hydroxyl groups excluding tert-OH is 1. The number of fused-ring (bicyclic) bond motifs is 5. The molecule has 0 saturated heterocycles. The SMILES string of the molecule is C/C(=N\NC(=O)c1cccnc1)C1CCC2C3CCC4CC(O)CCC4(C)C3CCC12C. The maximum absolute atomic E-state index is 12.4. The van der Waals surface area contributed by atoms with Crippen LogP contribution in [-0.2, 0) is 0 Å². The van der Waals surface area contributed by atoms with Gasteiger partial charge in [0.25, 0.3) is 5.91 Å². The van der Waals surface area contributed by atoms with Crippen LogP contribution < -0.4 is 5.43 Å². The molecule has 5 rings (SSSR count). The average Bonchev–Trinajstić information content (AvgIpc) is 3.15. The van der Waals surface area contributed by atoms with E-state index in [1.807, 2.05) is 0 Å². The number of carbonyl (C=O) groups excluding carboxylic acids is 1. The van der Waals surface area contributed by atoms with Crippen molar-refractivity contribution in [3.8, 4) is 0 Å². The van der Waals surface area contributed by atoms with Gasteiger partial charge < -0.3 is 5.11 Å². The second-order valence-electron chi connectivity index (χ2n) is 11.7. The van der Waals surface area contributed by atoms with E-state index in [-0.39, 0.29) is 17.4 Å². The third-order valence-electron chi connectivity index (χ3n) is 10.4. The molecule has 0 spiro atoms. The Kier molecular flexibility index (Phi) is 5.68. The van der Waals surface area contributed by atoms with Crippen LogP contribution in [0.3, 0.4) is 0 Å². The van der Waals surface area contributed by atoms with Gasteiger partial charge in [0.05, 0.1) is 11.7 Å². The van der Waals surface area contributed by atoms with Crippen molar-refractivity contribution < 1.29 is 9.90 Å². The van der Waals surface area contributed by atoms with Crippen molar-refractivity contribution in [2.75, 3.05) is 0 Å². The van der Waals surface area contributed by atoms with Crippen LogP contribution in [0.25, 0.3) is 0 Å². The smallest absolute Gasteiger partial charge is 0.272 e. The summed E-state index contributed by atoms with van der Waals surface area (Å²) in [6.07, 6.45) is 14.1. The van der Waals surface area contributed by atoms with Crippen molar-refractivity contribution in [2.24, 2.45) is 45.5 Å². The zero-order chi connectivity index (χ0) is 22.5. The Labute approximate surface area is 192 Å². The standard InChI is InChI=1S/C27H39N3O2/c1-17(29-30-25(32)18-5-4-14-28-16-18)22-8-9-23-21-7-6-19-15-20(31)10-12-26(19,2)24(21)11-13-27(22,23)3/h4-5,14,16,19-24,31H,6-13,15H2,1-3H3,(H,30,32)/b29-17+. The topological polar surface area (TPSA) is 74.6 Å². The lowest BCUT2D eigenvalue weighted by atomic mass is 9.44. The Hall–Kier alpha value is -1.75. The average molecular weight is 438 g/mol. The van der Waals surface area contributed by atoms with Gasteiger partial charge in [0.15, 0.2) is 0 Å².